The van der Waals surface area contributed by atoms with E-state index >= 15 is 0 Å². The maximum Gasteiger partial charge on any atom is 0.343 e. The summed E-state index contributed by atoms with van der Waals surface area (Å²) in [7, 11) is 0. The third-order valence-electron chi connectivity index (χ3n) is 2.38. The fourth-order valence-corrected chi connectivity index (χ4v) is 2.37. The summed E-state index contributed by atoms with van der Waals surface area (Å²) in [6, 6.07) is 0. The van der Waals surface area contributed by atoms with Crippen molar-refractivity contribution < 1.29 is 0 Å². The maximum absolute atomic E-state index is 11.5. The largest absolute Gasteiger partial charge is 0.343 e. The zero-order valence-corrected chi connectivity index (χ0v) is 12.0. The molecule has 0 amide bonds. The number of nitrogens with zero attached hydrogens (tertiary/aromatic N) is 2. The van der Waals surface area contributed by atoms with Gasteiger partial charge in [0.1, 0.15) is 0 Å². The number of hydrogen-bond donors (Lipinski definition) is 2. The molecule has 0 aromatic carbocycles. The van der Waals surface area contributed by atoms with Crippen LogP contribution in [0.3, 0.4) is 0 Å². The van der Waals surface area contributed by atoms with Crippen molar-refractivity contribution in [3.8, 4) is 0 Å². The summed E-state index contributed by atoms with van der Waals surface area (Å²) < 4.78 is 1.68. The molecular formula is C12H22N4OS. The molecule has 5 nitrogen and oxygen atoms in total. The van der Waals surface area contributed by atoms with Gasteiger partial charge in [-0.2, -0.15) is 0 Å². The number of rotatable bonds is 9. The van der Waals surface area contributed by atoms with Gasteiger partial charge in [-0.1, -0.05) is 37.8 Å². The second-order valence-corrected chi connectivity index (χ2v) is 5.12. The van der Waals surface area contributed by atoms with Gasteiger partial charge in [0, 0.05) is 18.8 Å². The lowest BCUT2D eigenvalue weighted by atomic mass is 10.3. The van der Waals surface area contributed by atoms with E-state index in [4.69, 9.17) is 0 Å². The molecule has 0 spiro atoms. The van der Waals surface area contributed by atoms with Crippen molar-refractivity contribution in [2.45, 2.75) is 38.4 Å². The van der Waals surface area contributed by atoms with Crippen molar-refractivity contribution in [1.82, 2.24) is 20.1 Å². The lowest BCUT2D eigenvalue weighted by Crippen LogP contribution is -2.19. The molecule has 1 rings (SSSR count). The Hall–Kier alpha value is -1.01. The zero-order valence-electron chi connectivity index (χ0n) is 11.2. The molecule has 0 radical (unpaired) electrons. The summed E-state index contributed by atoms with van der Waals surface area (Å²) in [6.45, 7) is 10.7. The van der Waals surface area contributed by atoms with Crippen LogP contribution in [0.15, 0.2) is 22.1 Å². The van der Waals surface area contributed by atoms with Gasteiger partial charge < -0.3 is 5.32 Å². The van der Waals surface area contributed by atoms with Crippen molar-refractivity contribution in [2.75, 3.05) is 18.8 Å². The maximum atomic E-state index is 11.5. The van der Waals surface area contributed by atoms with Crippen LogP contribution < -0.4 is 11.0 Å². The number of aromatic nitrogens is 3. The van der Waals surface area contributed by atoms with Crippen molar-refractivity contribution in [3.63, 3.8) is 0 Å². The van der Waals surface area contributed by atoms with Gasteiger partial charge in [0.2, 0.25) is 0 Å². The van der Waals surface area contributed by atoms with Gasteiger partial charge >= 0.3 is 5.69 Å². The van der Waals surface area contributed by atoms with Crippen LogP contribution in [0, 0.1) is 0 Å². The predicted molar refractivity (Wildman–Crippen MR) is 76.2 cm³/mol. The topological polar surface area (TPSA) is 62.7 Å². The van der Waals surface area contributed by atoms with Gasteiger partial charge in [-0.15, -0.1) is 5.10 Å². The molecule has 0 bridgehead atoms. The first-order chi connectivity index (χ1) is 8.69. The Morgan fingerprint density at radius 3 is 2.94 bits per heavy atom. The van der Waals surface area contributed by atoms with E-state index in [1.807, 2.05) is 6.92 Å². The molecule has 18 heavy (non-hydrogen) atoms. The molecule has 2 N–H and O–H groups in total. The SMILES string of the molecule is C=C(CNCCC)CSc1n[nH]c(=O)n1CCC. The average molecular weight is 270 g/mol. The van der Waals surface area contributed by atoms with Gasteiger partial charge in [-0.3, -0.25) is 4.57 Å². The molecule has 1 aromatic heterocycles. The lowest BCUT2D eigenvalue weighted by molar-refractivity contribution is 0.604. The highest BCUT2D eigenvalue weighted by atomic mass is 32.2. The van der Waals surface area contributed by atoms with Crippen LogP contribution in [0.2, 0.25) is 0 Å². The monoisotopic (exact) mass is 270 g/mol. The van der Waals surface area contributed by atoms with E-state index in [1.54, 1.807) is 16.3 Å². The minimum atomic E-state index is -0.130. The van der Waals surface area contributed by atoms with E-state index in [1.165, 1.54) is 0 Å². The van der Waals surface area contributed by atoms with Crippen LogP contribution in [-0.4, -0.2) is 33.6 Å². The quantitative estimate of drug-likeness (QED) is 0.407. The van der Waals surface area contributed by atoms with Crippen LogP contribution >= 0.6 is 11.8 Å². The minimum Gasteiger partial charge on any atom is -0.313 e. The number of hydrogen-bond acceptors (Lipinski definition) is 4. The fraction of sp³-hybridized carbons (Fsp3) is 0.667. The zero-order chi connectivity index (χ0) is 13.4. The second-order valence-electron chi connectivity index (χ2n) is 4.18. The van der Waals surface area contributed by atoms with Crippen LogP contribution in [-0.2, 0) is 6.54 Å². The van der Waals surface area contributed by atoms with E-state index in [2.05, 4.69) is 29.0 Å². The third kappa shape index (κ3) is 4.70. The van der Waals surface area contributed by atoms with Crippen molar-refractivity contribution in [1.29, 1.82) is 0 Å². The van der Waals surface area contributed by atoms with Gasteiger partial charge in [-0.05, 0) is 19.4 Å². The van der Waals surface area contributed by atoms with E-state index in [-0.39, 0.29) is 5.69 Å². The first-order valence-corrected chi connectivity index (χ1v) is 7.33. The smallest absolute Gasteiger partial charge is 0.313 e. The van der Waals surface area contributed by atoms with Gasteiger partial charge in [0.15, 0.2) is 5.16 Å². The molecule has 0 aliphatic heterocycles. The Balaban J connectivity index is 2.43. The van der Waals surface area contributed by atoms with Crippen LogP contribution in [0.25, 0.3) is 0 Å². The van der Waals surface area contributed by atoms with E-state index in [0.717, 1.165) is 42.4 Å². The van der Waals surface area contributed by atoms with E-state index < -0.39 is 0 Å². The summed E-state index contributed by atoms with van der Waals surface area (Å²) in [5.74, 6) is 0.782. The highest BCUT2D eigenvalue weighted by molar-refractivity contribution is 7.99. The summed E-state index contributed by atoms with van der Waals surface area (Å²) in [4.78, 5) is 11.5. The van der Waals surface area contributed by atoms with Crippen molar-refractivity contribution in [3.05, 3.63) is 22.6 Å². The third-order valence-corrected chi connectivity index (χ3v) is 3.50. The minimum absolute atomic E-state index is 0.130. The molecule has 102 valence electrons. The molecule has 0 saturated carbocycles. The Labute approximate surface area is 112 Å². The molecular weight excluding hydrogens is 248 g/mol. The number of H-pyrrole nitrogens is 1. The highest BCUT2D eigenvalue weighted by Gasteiger charge is 2.08. The normalized spacial score (nSPS) is 10.8. The molecule has 0 unspecified atom stereocenters. The predicted octanol–water partition coefficient (Wildman–Crippen LogP) is 1.63. The Bertz CT molecular complexity index is 424. The fourth-order valence-electron chi connectivity index (χ4n) is 1.49. The van der Waals surface area contributed by atoms with E-state index in [9.17, 15) is 4.79 Å². The summed E-state index contributed by atoms with van der Waals surface area (Å²) in [5, 5.41) is 10.6. The van der Waals surface area contributed by atoms with Gasteiger partial charge in [0.25, 0.3) is 0 Å². The Kier molecular flexibility index (Phi) is 6.82. The molecule has 0 saturated heterocycles. The average Bonchev–Trinajstić information content (AvgIpc) is 2.69. The van der Waals surface area contributed by atoms with E-state index in [0.29, 0.717) is 6.54 Å². The number of aromatic amines is 1. The van der Waals surface area contributed by atoms with Crippen LogP contribution in [0.4, 0.5) is 0 Å². The summed E-state index contributed by atoms with van der Waals surface area (Å²) >= 11 is 1.56. The number of thioether (sulfide) groups is 1. The molecule has 0 atom stereocenters. The first-order valence-electron chi connectivity index (χ1n) is 6.34. The van der Waals surface area contributed by atoms with Gasteiger partial charge in [0.05, 0.1) is 0 Å². The summed E-state index contributed by atoms with van der Waals surface area (Å²) in [5.41, 5.74) is 0.987. The Morgan fingerprint density at radius 2 is 2.28 bits per heavy atom. The molecule has 0 fully saturated rings. The Morgan fingerprint density at radius 1 is 1.50 bits per heavy atom. The second kappa shape index (κ2) is 8.16. The standard InChI is InChI=1S/C12H22N4OS/c1-4-6-13-8-10(3)9-18-12-15-14-11(17)16(12)7-5-2/h13H,3-9H2,1-2H3,(H,14,17). The van der Waals surface area contributed by atoms with Crippen molar-refractivity contribution >= 4 is 11.8 Å². The lowest BCUT2D eigenvalue weighted by Gasteiger charge is -2.07. The van der Waals surface area contributed by atoms with Crippen LogP contribution in [0.5, 0.6) is 0 Å². The molecule has 0 aliphatic rings. The van der Waals surface area contributed by atoms with Crippen LogP contribution in [0.1, 0.15) is 26.7 Å². The first kappa shape index (κ1) is 15.0. The number of nitrogens with one attached hydrogen (secondary N) is 2. The van der Waals surface area contributed by atoms with Gasteiger partial charge in [-0.25, -0.2) is 9.89 Å². The highest BCUT2D eigenvalue weighted by Crippen LogP contribution is 2.15. The van der Waals surface area contributed by atoms with Crippen molar-refractivity contribution in [2.24, 2.45) is 0 Å². The molecule has 1 heterocycles. The summed E-state index contributed by atoms with van der Waals surface area (Å²) in [6.07, 6.45) is 2.04. The molecule has 0 aliphatic carbocycles. The molecule has 6 heteroatoms. The molecule has 1 aromatic rings.